The van der Waals surface area contributed by atoms with Crippen LogP contribution in [0.15, 0.2) is 0 Å². The van der Waals surface area contributed by atoms with E-state index in [9.17, 15) is 5.11 Å². The highest BCUT2D eigenvalue weighted by atomic mass is 16.7. The fourth-order valence-electron chi connectivity index (χ4n) is 1.06. The fraction of sp³-hybridized carbons (Fsp3) is 1.00. The molecule has 4 atom stereocenters. The lowest BCUT2D eigenvalue weighted by molar-refractivity contribution is -0.172. The minimum Gasteiger partial charge on any atom is -0.394 e. The second-order valence-corrected chi connectivity index (χ2v) is 2.76. The lowest BCUT2D eigenvalue weighted by Crippen LogP contribution is -2.59. The molecule has 0 radical (unpaired) electrons. The quantitative estimate of drug-likeness (QED) is 0.309. The highest BCUT2D eigenvalue weighted by Crippen LogP contribution is 2.09. The van der Waals surface area contributed by atoms with Gasteiger partial charge in [0.2, 0.25) is 0 Å². The van der Waals surface area contributed by atoms with Gasteiger partial charge in [0.1, 0.15) is 12.2 Å². The molecule has 0 aromatic heterocycles. The minimum absolute atomic E-state index is 0.0319. The summed E-state index contributed by atoms with van der Waals surface area (Å²) in [5.74, 6) is 0. The summed E-state index contributed by atoms with van der Waals surface area (Å²) in [6, 6.07) is -0.848. The lowest BCUT2D eigenvalue weighted by Gasteiger charge is -2.34. The summed E-state index contributed by atoms with van der Waals surface area (Å²) in [5.41, 5.74) is 2.33. The van der Waals surface area contributed by atoms with Gasteiger partial charge in [-0.05, 0) is 0 Å². The summed E-state index contributed by atoms with van der Waals surface area (Å²) in [6.07, 6.45) is -3.30. The maximum absolute atomic E-state index is 9.28. The third-order valence-corrected chi connectivity index (χ3v) is 1.84. The van der Waals surface area contributed by atoms with Crippen molar-refractivity contribution in [1.82, 2.24) is 5.48 Å². The van der Waals surface area contributed by atoms with Gasteiger partial charge < -0.3 is 20.4 Å². The molecule has 72 valence electrons. The normalized spacial score (nSPS) is 39.5. The predicted octanol–water partition coefficient (Wildman–Crippen LogP) is -3.04. The molecule has 0 amide bonds. The second kappa shape index (κ2) is 4.13. The number of hydroxylamine groups is 1. The number of rotatable bonds is 2. The molecule has 0 aromatic rings. The van der Waals surface area contributed by atoms with Gasteiger partial charge in [-0.2, -0.15) is 5.48 Å². The Morgan fingerprint density at radius 3 is 2.75 bits per heavy atom. The number of hydrogen-bond acceptors (Lipinski definition) is 6. The average molecular weight is 179 g/mol. The smallest absolute Gasteiger partial charge is 0.107 e. The molecule has 1 rings (SSSR count). The zero-order valence-electron chi connectivity index (χ0n) is 6.42. The van der Waals surface area contributed by atoms with Crippen LogP contribution < -0.4 is 5.48 Å². The van der Waals surface area contributed by atoms with E-state index < -0.39 is 31.0 Å². The Hall–Kier alpha value is -0.240. The van der Waals surface area contributed by atoms with Crippen LogP contribution in [0.5, 0.6) is 0 Å². The van der Waals surface area contributed by atoms with Gasteiger partial charge in [0.25, 0.3) is 0 Å². The van der Waals surface area contributed by atoms with Gasteiger partial charge >= 0.3 is 0 Å². The van der Waals surface area contributed by atoms with Crippen LogP contribution in [0.2, 0.25) is 0 Å². The molecule has 0 spiro atoms. The molecule has 1 saturated heterocycles. The first-order valence-electron chi connectivity index (χ1n) is 3.69. The number of aliphatic hydroxyl groups excluding tert-OH is 4. The van der Waals surface area contributed by atoms with Crippen LogP contribution in [-0.2, 0) is 4.84 Å². The molecule has 0 unspecified atom stereocenters. The Labute approximate surface area is 69.4 Å². The Balaban J connectivity index is 2.51. The van der Waals surface area contributed by atoms with E-state index in [2.05, 4.69) is 10.3 Å². The topological polar surface area (TPSA) is 102 Å². The molecular weight excluding hydrogens is 166 g/mol. The lowest BCUT2D eigenvalue weighted by atomic mass is 10.0. The SMILES string of the molecule is OC[C@@H](O)[C@@H]1NOC[C@@H](O)[C@@H]1O. The number of nitrogens with one attached hydrogen (secondary N) is 1. The van der Waals surface area contributed by atoms with E-state index in [-0.39, 0.29) is 6.61 Å². The molecule has 5 N–H and O–H groups in total. The third kappa shape index (κ3) is 1.92. The minimum atomic E-state index is -1.14. The van der Waals surface area contributed by atoms with Crippen LogP contribution in [-0.4, -0.2) is 58.0 Å². The fourth-order valence-corrected chi connectivity index (χ4v) is 1.06. The first-order valence-corrected chi connectivity index (χ1v) is 3.69. The molecule has 1 aliphatic rings. The van der Waals surface area contributed by atoms with Crippen LogP contribution in [0.25, 0.3) is 0 Å². The Kier molecular flexibility index (Phi) is 3.39. The highest BCUT2D eigenvalue weighted by Gasteiger charge is 2.35. The van der Waals surface area contributed by atoms with E-state index in [0.29, 0.717) is 0 Å². The summed E-state index contributed by atoms with van der Waals surface area (Å²) in [4.78, 5) is 4.66. The van der Waals surface area contributed by atoms with Crippen molar-refractivity contribution in [1.29, 1.82) is 0 Å². The first-order chi connectivity index (χ1) is 5.66. The van der Waals surface area contributed by atoms with Crippen LogP contribution in [0.3, 0.4) is 0 Å². The average Bonchev–Trinajstić information content (AvgIpc) is 2.08. The van der Waals surface area contributed by atoms with Crippen LogP contribution in [0.4, 0.5) is 0 Å². The molecule has 0 bridgehead atoms. The van der Waals surface area contributed by atoms with Crippen molar-refractivity contribution in [3.63, 3.8) is 0 Å². The summed E-state index contributed by atoms with van der Waals surface area (Å²) in [7, 11) is 0. The Morgan fingerprint density at radius 1 is 1.50 bits per heavy atom. The van der Waals surface area contributed by atoms with Gasteiger partial charge in [0.05, 0.1) is 25.4 Å². The highest BCUT2D eigenvalue weighted by molar-refractivity contribution is 4.87. The van der Waals surface area contributed by atoms with E-state index >= 15 is 0 Å². The van der Waals surface area contributed by atoms with Gasteiger partial charge in [-0.15, -0.1) is 0 Å². The monoisotopic (exact) mass is 179 g/mol. The van der Waals surface area contributed by atoms with Crippen LogP contribution in [0.1, 0.15) is 0 Å². The van der Waals surface area contributed by atoms with Crippen molar-refractivity contribution in [2.75, 3.05) is 13.2 Å². The molecule has 0 saturated carbocycles. The molecule has 6 nitrogen and oxygen atoms in total. The maximum Gasteiger partial charge on any atom is 0.107 e. The molecule has 0 aliphatic carbocycles. The molecule has 1 heterocycles. The summed E-state index contributed by atoms with van der Waals surface area (Å²) >= 11 is 0. The van der Waals surface area contributed by atoms with Gasteiger partial charge in [-0.1, -0.05) is 0 Å². The Bertz CT molecular complexity index is 144. The largest absolute Gasteiger partial charge is 0.394 e. The van der Waals surface area contributed by atoms with E-state index in [0.717, 1.165) is 0 Å². The Morgan fingerprint density at radius 2 is 2.17 bits per heavy atom. The second-order valence-electron chi connectivity index (χ2n) is 2.76. The zero-order chi connectivity index (χ0) is 9.14. The molecule has 1 fully saturated rings. The van der Waals surface area contributed by atoms with Gasteiger partial charge in [-0.3, -0.25) is 4.84 Å². The van der Waals surface area contributed by atoms with E-state index in [1.54, 1.807) is 0 Å². The van der Waals surface area contributed by atoms with E-state index in [4.69, 9.17) is 15.3 Å². The molecular formula is C6H13NO5. The van der Waals surface area contributed by atoms with Crippen molar-refractivity contribution in [2.24, 2.45) is 0 Å². The molecule has 1 aliphatic heterocycles. The predicted molar refractivity (Wildman–Crippen MR) is 38.0 cm³/mol. The molecule has 12 heavy (non-hydrogen) atoms. The van der Waals surface area contributed by atoms with E-state index in [1.165, 1.54) is 0 Å². The van der Waals surface area contributed by atoms with Crippen molar-refractivity contribution in [2.45, 2.75) is 24.4 Å². The maximum atomic E-state index is 9.28. The van der Waals surface area contributed by atoms with Gasteiger partial charge in [0, 0.05) is 0 Å². The van der Waals surface area contributed by atoms with E-state index in [1.807, 2.05) is 0 Å². The van der Waals surface area contributed by atoms with Gasteiger partial charge in [0.15, 0.2) is 0 Å². The van der Waals surface area contributed by atoms with Gasteiger partial charge in [-0.25, -0.2) is 0 Å². The first kappa shape index (κ1) is 9.85. The molecule has 6 heteroatoms. The van der Waals surface area contributed by atoms with Crippen LogP contribution in [0, 0.1) is 0 Å². The van der Waals surface area contributed by atoms with Crippen LogP contribution >= 0.6 is 0 Å². The number of hydrogen-bond donors (Lipinski definition) is 5. The third-order valence-electron chi connectivity index (χ3n) is 1.84. The number of aliphatic hydroxyl groups is 4. The van der Waals surface area contributed by atoms with Crippen molar-refractivity contribution >= 4 is 0 Å². The zero-order valence-corrected chi connectivity index (χ0v) is 6.42. The van der Waals surface area contributed by atoms with Crippen molar-refractivity contribution < 1.29 is 25.3 Å². The van der Waals surface area contributed by atoms with Crippen molar-refractivity contribution in [3.8, 4) is 0 Å². The summed E-state index contributed by atoms with van der Waals surface area (Å²) in [5, 5.41) is 36.0. The summed E-state index contributed by atoms with van der Waals surface area (Å²) in [6.45, 7) is -0.527. The van der Waals surface area contributed by atoms with Crippen molar-refractivity contribution in [3.05, 3.63) is 0 Å². The summed E-state index contributed by atoms with van der Waals surface area (Å²) < 4.78 is 0. The standard InChI is InChI=1S/C6H13NO5/c8-1-3(9)5-6(11)4(10)2-12-7-5/h3-11H,1-2H2/t3-,4-,5+,6+/m1/s1. The molecule has 0 aromatic carbocycles.